The Bertz CT molecular complexity index is 468. The van der Waals surface area contributed by atoms with Crippen molar-refractivity contribution in [1.82, 2.24) is 5.32 Å². The Morgan fingerprint density at radius 1 is 1.19 bits per heavy atom. The fourth-order valence-corrected chi connectivity index (χ4v) is 1.92. The maximum atomic E-state index is 11.6. The van der Waals surface area contributed by atoms with Crippen molar-refractivity contribution in [2.75, 3.05) is 6.54 Å². The number of amides is 1. The number of hydrogen-bond donors (Lipinski definition) is 3. The van der Waals surface area contributed by atoms with Gasteiger partial charge in [0.05, 0.1) is 12.5 Å². The van der Waals surface area contributed by atoms with Crippen LogP contribution in [0.4, 0.5) is 0 Å². The zero-order valence-corrected chi connectivity index (χ0v) is 12.5. The lowest BCUT2D eigenvalue weighted by Crippen LogP contribution is -2.33. The number of aryl methyl sites for hydroxylation is 1. The van der Waals surface area contributed by atoms with Gasteiger partial charge in [-0.2, -0.15) is 0 Å². The van der Waals surface area contributed by atoms with Crippen LogP contribution < -0.4 is 5.32 Å². The predicted octanol–water partition coefficient (Wildman–Crippen LogP) is 1.69. The van der Waals surface area contributed by atoms with Gasteiger partial charge in [0.25, 0.3) is 0 Å². The van der Waals surface area contributed by atoms with Crippen LogP contribution in [0.5, 0.6) is 0 Å². The Morgan fingerprint density at radius 2 is 1.81 bits per heavy atom. The topological polar surface area (TPSA) is 86.6 Å². The molecule has 1 aromatic rings. The highest BCUT2D eigenvalue weighted by molar-refractivity contribution is 5.76. The number of hydrogen-bond acceptors (Lipinski definition) is 3. The van der Waals surface area contributed by atoms with E-state index in [2.05, 4.69) is 31.3 Å². The standard InChI is InChI=1S/C16H23NO4/c1-11(2)13-6-3-12(4-7-13)5-8-15(19)17-10-14(18)9-16(20)21/h3-4,6-7,11,14,18H,5,8-10H2,1-2H3,(H,17,19)(H,20,21). The van der Waals surface area contributed by atoms with Crippen molar-refractivity contribution in [2.45, 2.75) is 45.1 Å². The van der Waals surface area contributed by atoms with E-state index in [1.807, 2.05) is 12.1 Å². The van der Waals surface area contributed by atoms with Crippen LogP contribution in [0.3, 0.4) is 0 Å². The number of aliphatic hydroxyl groups is 1. The predicted molar refractivity (Wildman–Crippen MR) is 80.1 cm³/mol. The maximum Gasteiger partial charge on any atom is 0.306 e. The minimum atomic E-state index is -1.08. The lowest BCUT2D eigenvalue weighted by Gasteiger charge is -2.10. The van der Waals surface area contributed by atoms with E-state index in [4.69, 9.17) is 5.11 Å². The smallest absolute Gasteiger partial charge is 0.306 e. The number of carboxylic acid groups (broad SMARTS) is 1. The summed E-state index contributed by atoms with van der Waals surface area (Å²) in [5, 5.41) is 20.4. The molecule has 0 saturated carbocycles. The van der Waals surface area contributed by atoms with E-state index in [0.717, 1.165) is 5.56 Å². The summed E-state index contributed by atoms with van der Waals surface area (Å²) in [5.74, 6) is -0.785. The molecule has 0 aromatic heterocycles. The minimum Gasteiger partial charge on any atom is -0.481 e. The normalized spacial score (nSPS) is 12.2. The van der Waals surface area contributed by atoms with Crippen molar-refractivity contribution < 1.29 is 19.8 Å². The SMILES string of the molecule is CC(C)c1ccc(CCC(=O)NCC(O)CC(=O)O)cc1. The summed E-state index contributed by atoms with van der Waals surface area (Å²) in [6, 6.07) is 8.16. The van der Waals surface area contributed by atoms with Gasteiger partial charge >= 0.3 is 5.97 Å². The first-order valence-corrected chi connectivity index (χ1v) is 7.14. The van der Waals surface area contributed by atoms with Crippen LogP contribution in [0.15, 0.2) is 24.3 Å². The quantitative estimate of drug-likeness (QED) is 0.681. The zero-order valence-electron chi connectivity index (χ0n) is 12.5. The summed E-state index contributed by atoms with van der Waals surface area (Å²) < 4.78 is 0. The van der Waals surface area contributed by atoms with E-state index in [0.29, 0.717) is 18.8 Å². The third-order valence-electron chi connectivity index (χ3n) is 3.23. The summed E-state index contributed by atoms with van der Waals surface area (Å²) in [4.78, 5) is 22.0. The van der Waals surface area contributed by atoms with Gasteiger partial charge in [-0.3, -0.25) is 9.59 Å². The number of carbonyl (C=O) groups is 2. The highest BCUT2D eigenvalue weighted by Crippen LogP contribution is 2.15. The van der Waals surface area contributed by atoms with Crippen LogP contribution in [0.25, 0.3) is 0 Å². The molecule has 3 N–H and O–H groups in total. The third-order valence-corrected chi connectivity index (χ3v) is 3.23. The van der Waals surface area contributed by atoms with Gasteiger partial charge in [-0.1, -0.05) is 38.1 Å². The molecule has 0 spiro atoms. The molecule has 21 heavy (non-hydrogen) atoms. The second-order valence-electron chi connectivity index (χ2n) is 5.45. The molecule has 0 fully saturated rings. The van der Waals surface area contributed by atoms with Gasteiger partial charge in [0, 0.05) is 13.0 Å². The highest BCUT2D eigenvalue weighted by Gasteiger charge is 2.11. The average molecular weight is 293 g/mol. The molecule has 5 heteroatoms. The molecule has 116 valence electrons. The Balaban J connectivity index is 2.31. The van der Waals surface area contributed by atoms with Crippen LogP contribution in [0, 0.1) is 0 Å². The molecule has 0 aliphatic rings. The van der Waals surface area contributed by atoms with E-state index < -0.39 is 12.1 Å². The first-order valence-electron chi connectivity index (χ1n) is 7.14. The van der Waals surface area contributed by atoms with Crippen molar-refractivity contribution in [3.05, 3.63) is 35.4 Å². The molecule has 0 radical (unpaired) electrons. The summed E-state index contributed by atoms with van der Waals surface area (Å²) in [7, 11) is 0. The summed E-state index contributed by atoms with van der Waals surface area (Å²) in [6.07, 6.45) is -0.464. The lowest BCUT2D eigenvalue weighted by atomic mass is 10.0. The van der Waals surface area contributed by atoms with Crippen LogP contribution in [-0.4, -0.2) is 34.7 Å². The van der Waals surface area contributed by atoms with Gasteiger partial charge in [0.2, 0.25) is 5.91 Å². The summed E-state index contributed by atoms with van der Waals surface area (Å²) >= 11 is 0. The summed E-state index contributed by atoms with van der Waals surface area (Å²) in [5.41, 5.74) is 2.35. The van der Waals surface area contributed by atoms with Crippen molar-refractivity contribution in [3.8, 4) is 0 Å². The Hall–Kier alpha value is -1.88. The molecule has 0 aliphatic heterocycles. The number of carboxylic acids is 1. The molecule has 1 unspecified atom stereocenters. The molecule has 1 rings (SSSR count). The molecular weight excluding hydrogens is 270 g/mol. The van der Waals surface area contributed by atoms with Gasteiger partial charge in [-0.25, -0.2) is 0 Å². The Labute approximate surface area is 125 Å². The van der Waals surface area contributed by atoms with E-state index in [1.54, 1.807) is 0 Å². The Kier molecular flexibility index (Phi) is 6.88. The van der Waals surface area contributed by atoms with Crippen LogP contribution >= 0.6 is 0 Å². The van der Waals surface area contributed by atoms with Gasteiger partial charge < -0.3 is 15.5 Å². The second-order valence-corrected chi connectivity index (χ2v) is 5.45. The fourth-order valence-electron chi connectivity index (χ4n) is 1.92. The number of aliphatic carboxylic acids is 1. The first-order chi connectivity index (χ1) is 9.88. The number of nitrogens with one attached hydrogen (secondary N) is 1. The molecule has 0 aliphatic carbocycles. The molecule has 5 nitrogen and oxygen atoms in total. The van der Waals surface area contributed by atoms with Crippen LogP contribution in [0.2, 0.25) is 0 Å². The van der Waals surface area contributed by atoms with Crippen molar-refractivity contribution in [1.29, 1.82) is 0 Å². The molecule has 0 heterocycles. The summed E-state index contributed by atoms with van der Waals surface area (Å²) in [6.45, 7) is 4.23. The minimum absolute atomic E-state index is 0.0303. The van der Waals surface area contributed by atoms with Crippen molar-refractivity contribution >= 4 is 11.9 Å². The third kappa shape index (κ3) is 6.90. The van der Waals surface area contributed by atoms with Crippen LogP contribution in [0.1, 0.15) is 43.7 Å². The van der Waals surface area contributed by atoms with Crippen LogP contribution in [-0.2, 0) is 16.0 Å². The lowest BCUT2D eigenvalue weighted by molar-refractivity contribution is -0.139. The molecule has 1 aromatic carbocycles. The van der Waals surface area contributed by atoms with E-state index in [1.165, 1.54) is 5.56 Å². The zero-order chi connectivity index (χ0) is 15.8. The largest absolute Gasteiger partial charge is 0.481 e. The van der Waals surface area contributed by atoms with Crippen molar-refractivity contribution in [2.24, 2.45) is 0 Å². The van der Waals surface area contributed by atoms with E-state index in [9.17, 15) is 14.7 Å². The molecule has 0 saturated heterocycles. The Morgan fingerprint density at radius 3 is 2.33 bits per heavy atom. The molecule has 1 amide bonds. The highest BCUT2D eigenvalue weighted by atomic mass is 16.4. The van der Waals surface area contributed by atoms with E-state index in [-0.39, 0.29) is 18.9 Å². The van der Waals surface area contributed by atoms with Gasteiger partial charge in [-0.15, -0.1) is 0 Å². The molecular formula is C16H23NO4. The van der Waals surface area contributed by atoms with E-state index >= 15 is 0 Å². The molecule has 0 bridgehead atoms. The molecule has 1 atom stereocenters. The first kappa shape index (κ1) is 17.2. The van der Waals surface area contributed by atoms with Gasteiger partial charge in [0.15, 0.2) is 0 Å². The number of aliphatic hydroxyl groups excluding tert-OH is 1. The maximum absolute atomic E-state index is 11.6. The van der Waals surface area contributed by atoms with Crippen molar-refractivity contribution in [3.63, 3.8) is 0 Å². The van der Waals surface area contributed by atoms with Gasteiger partial charge in [0.1, 0.15) is 0 Å². The fraction of sp³-hybridized carbons (Fsp3) is 0.500. The number of rotatable bonds is 8. The monoisotopic (exact) mass is 293 g/mol. The number of benzene rings is 1. The number of carbonyl (C=O) groups excluding carboxylic acids is 1. The average Bonchev–Trinajstić information content (AvgIpc) is 2.42. The second kappa shape index (κ2) is 8.42. The van der Waals surface area contributed by atoms with Gasteiger partial charge in [-0.05, 0) is 23.5 Å².